The van der Waals surface area contributed by atoms with Crippen molar-refractivity contribution >= 4 is 21.6 Å². The van der Waals surface area contributed by atoms with E-state index in [4.69, 9.17) is 0 Å². The number of sulfonamides is 1. The van der Waals surface area contributed by atoms with Gasteiger partial charge in [-0.2, -0.15) is 0 Å². The van der Waals surface area contributed by atoms with Crippen molar-refractivity contribution in [3.63, 3.8) is 0 Å². The quantitative estimate of drug-likeness (QED) is 0.597. The SMILES string of the molecule is CCCCCN(CC)CCNC(=O)c1ccc(NS(C)(=O)=O)cc1. The third-order valence-electron chi connectivity index (χ3n) is 3.69. The predicted octanol–water partition coefficient (Wildman–Crippen LogP) is 2.30. The van der Waals surface area contributed by atoms with E-state index in [1.54, 1.807) is 24.3 Å². The Balaban J connectivity index is 2.42. The zero-order valence-electron chi connectivity index (χ0n) is 14.8. The Bertz CT molecular complexity index is 600. The Hall–Kier alpha value is -1.60. The van der Waals surface area contributed by atoms with Crippen molar-refractivity contribution in [3.05, 3.63) is 29.8 Å². The minimum Gasteiger partial charge on any atom is -0.351 e. The summed E-state index contributed by atoms with van der Waals surface area (Å²) in [5.41, 5.74) is 0.963. The van der Waals surface area contributed by atoms with Gasteiger partial charge >= 0.3 is 0 Å². The fourth-order valence-electron chi connectivity index (χ4n) is 2.35. The number of likely N-dealkylation sites (N-methyl/N-ethyl adjacent to an activating group) is 1. The minimum absolute atomic E-state index is 0.148. The molecule has 1 amide bonds. The van der Waals surface area contributed by atoms with E-state index < -0.39 is 10.0 Å². The highest BCUT2D eigenvalue weighted by Gasteiger charge is 2.08. The van der Waals surface area contributed by atoms with Crippen molar-refractivity contribution in [1.82, 2.24) is 10.2 Å². The predicted molar refractivity (Wildman–Crippen MR) is 98.9 cm³/mol. The number of hydrogen-bond donors (Lipinski definition) is 2. The van der Waals surface area contributed by atoms with Crippen LogP contribution in [0.2, 0.25) is 0 Å². The maximum atomic E-state index is 12.1. The van der Waals surface area contributed by atoms with E-state index in [2.05, 4.69) is 28.8 Å². The molecule has 0 fully saturated rings. The summed E-state index contributed by atoms with van der Waals surface area (Å²) in [7, 11) is -3.30. The van der Waals surface area contributed by atoms with E-state index in [1.165, 1.54) is 19.3 Å². The molecule has 0 saturated heterocycles. The van der Waals surface area contributed by atoms with Gasteiger partial charge in [0.25, 0.3) is 5.91 Å². The second-order valence-electron chi connectivity index (χ2n) is 5.85. The lowest BCUT2D eigenvalue weighted by Gasteiger charge is -2.20. The zero-order valence-corrected chi connectivity index (χ0v) is 15.7. The Labute approximate surface area is 145 Å². The highest BCUT2D eigenvalue weighted by Crippen LogP contribution is 2.10. The molecule has 0 aliphatic rings. The first-order valence-electron chi connectivity index (χ1n) is 8.44. The van der Waals surface area contributed by atoms with Crippen LogP contribution < -0.4 is 10.0 Å². The summed E-state index contributed by atoms with van der Waals surface area (Å²) in [6, 6.07) is 6.39. The van der Waals surface area contributed by atoms with Crippen LogP contribution in [0.4, 0.5) is 5.69 Å². The maximum Gasteiger partial charge on any atom is 0.251 e. The first kappa shape index (κ1) is 20.4. The Morgan fingerprint density at radius 1 is 1.08 bits per heavy atom. The Morgan fingerprint density at radius 2 is 1.75 bits per heavy atom. The van der Waals surface area contributed by atoms with Gasteiger partial charge in [0.15, 0.2) is 0 Å². The molecule has 0 aliphatic heterocycles. The van der Waals surface area contributed by atoms with Crippen LogP contribution in [0.3, 0.4) is 0 Å². The van der Waals surface area contributed by atoms with Crippen molar-refractivity contribution in [2.75, 3.05) is 37.2 Å². The van der Waals surface area contributed by atoms with Crippen LogP contribution in [0.5, 0.6) is 0 Å². The summed E-state index contributed by atoms with van der Waals surface area (Å²) >= 11 is 0. The van der Waals surface area contributed by atoms with Crippen LogP contribution in [-0.2, 0) is 10.0 Å². The molecule has 1 aromatic carbocycles. The monoisotopic (exact) mass is 355 g/mol. The second-order valence-corrected chi connectivity index (χ2v) is 7.60. The van der Waals surface area contributed by atoms with E-state index >= 15 is 0 Å². The molecule has 0 bridgehead atoms. The molecule has 0 saturated carbocycles. The highest BCUT2D eigenvalue weighted by atomic mass is 32.2. The van der Waals surface area contributed by atoms with Crippen LogP contribution in [0, 0.1) is 0 Å². The molecular formula is C17H29N3O3S. The van der Waals surface area contributed by atoms with Crippen molar-refractivity contribution in [3.8, 4) is 0 Å². The largest absolute Gasteiger partial charge is 0.351 e. The number of anilines is 1. The van der Waals surface area contributed by atoms with Gasteiger partial charge in [-0.3, -0.25) is 9.52 Å². The second kappa shape index (κ2) is 10.3. The molecule has 6 nitrogen and oxygen atoms in total. The molecule has 0 aromatic heterocycles. The van der Waals surface area contributed by atoms with Crippen molar-refractivity contribution < 1.29 is 13.2 Å². The topological polar surface area (TPSA) is 78.5 Å². The van der Waals surface area contributed by atoms with E-state index in [9.17, 15) is 13.2 Å². The van der Waals surface area contributed by atoms with E-state index in [-0.39, 0.29) is 5.91 Å². The summed E-state index contributed by atoms with van der Waals surface area (Å²) in [5.74, 6) is -0.148. The molecule has 1 aromatic rings. The van der Waals surface area contributed by atoms with Gasteiger partial charge in [-0.05, 0) is 43.8 Å². The van der Waals surface area contributed by atoms with Crippen molar-refractivity contribution in [2.45, 2.75) is 33.1 Å². The lowest BCUT2D eigenvalue weighted by atomic mass is 10.2. The number of rotatable bonds is 11. The fraction of sp³-hybridized carbons (Fsp3) is 0.588. The van der Waals surface area contributed by atoms with Gasteiger partial charge in [0, 0.05) is 24.3 Å². The van der Waals surface area contributed by atoms with Gasteiger partial charge in [-0.1, -0.05) is 26.7 Å². The zero-order chi connectivity index (χ0) is 18.0. The minimum atomic E-state index is -3.30. The van der Waals surface area contributed by atoms with Crippen LogP contribution in [-0.4, -0.2) is 51.7 Å². The molecule has 7 heteroatoms. The number of nitrogens with one attached hydrogen (secondary N) is 2. The maximum absolute atomic E-state index is 12.1. The number of amides is 1. The van der Waals surface area contributed by atoms with Gasteiger partial charge in [-0.25, -0.2) is 8.42 Å². The van der Waals surface area contributed by atoms with Crippen LogP contribution >= 0.6 is 0 Å². The third kappa shape index (κ3) is 8.31. The third-order valence-corrected chi connectivity index (χ3v) is 4.30. The summed E-state index contributed by atoms with van der Waals surface area (Å²) < 4.78 is 24.7. The molecule has 1 rings (SSSR count). The van der Waals surface area contributed by atoms with Gasteiger partial charge in [-0.15, -0.1) is 0 Å². The lowest BCUT2D eigenvalue weighted by Crippen LogP contribution is -2.35. The summed E-state index contributed by atoms with van der Waals surface area (Å²) in [6.07, 6.45) is 4.72. The number of benzene rings is 1. The Kier molecular flexibility index (Phi) is 8.78. The van der Waals surface area contributed by atoms with Crippen LogP contribution in [0.25, 0.3) is 0 Å². The van der Waals surface area contributed by atoms with E-state index in [0.29, 0.717) is 17.8 Å². The Morgan fingerprint density at radius 3 is 2.29 bits per heavy atom. The lowest BCUT2D eigenvalue weighted by molar-refractivity contribution is 0.0948. The molecule has 0 spiro atoms. The van der Waals surface area contributed by atoms with Gasteiger partial charge in [0.1, 0.15) is 0 Å². The average Bonchev–Trinajstić information content (AvgIpc) is 2.52. The molecule has 0 unspecified atom stereocenters. The molecular weight excluding hydrogens is 326 g/mol. The van der Waals surface area contributed by atoms with Crippen LogP contribution in [0.15, 0.2) is 24.3 Å². The molecule has 0 aliphatic carbocycles. The molecule has 136 valence electrons. The summed E-state index contributed by atoms with van der Waals surface area (Å²) in [5, 5.41) is 2.90. The molecule has 0 radical (unpaired) electrons. The number of unbranched alkanes of at least 4 members (excludes halogenated alkanes) is 2. The number of carbonyl (C=O) groups excluding carboxylic acids is 1. The van der Waals surface area contributed by atoms with Gasteiger partial charge < -0.3 is 10.2 Å². The average molecular weight is 356 g/mol. The number of nitrogens with zero attached hydrogens (tertiary/aromatic N) is 1. The van der Waals surface area contributed by atoms with Crippen molar-refractivity contribution in [1.29, 1.82) is 0 Å². The molecule has 2 N–H and O–H groups in total. The van der Waals surface area contributed by atoms with E-state index in [1.807, 2.05) is 0 Å². The van der Waals surface area contributed by atoms with Gasteiger partial charge in [0.2, 0.25) is 10.0 Å². The molecule has 0 atom stereocenters. The van der Waals surface area contributed by atoms with Crippen LogP contribution in [0.1, 0.15) is 43.5 Å². The standard InChI is InChI=1S/C17H29N3O3S/c1-4-6-7-13-20(5-2)14-12-18-17(21)15-8-10-16(11-9-15)19-24(3,22)23/h8-11,19H,4-7,12-14H2,1-3H3,(H,18,21). The first-order chi connectivity index (χ1) is 11.4. The summed E-state index contributed by atoms with van der Waals surface area (Å²) in [4.78, 5) is 14.4. The molecule has 0 heterocycles. The fourth-order valence-corrected chi connectivity index (χ4v) is 2.91. The van der Waals surface area contributed by atoms with E-state index in [0.717, 1.165) is 25.9 Å². The van der Waals surface area contributed by atoms with Crippen molar-refractivity contribution in [2.24, 2.45) is 0 Å². The first-order valence-corrected chi connectivity index (χ1v) is 10.3. The molecule has 24 heavy (non-hydrogen) atoms. The highest BCUT2D eigenvalue weighted by molar-refractivity contribution is 7.92. The number of carbonyl (C=O) groups is 1. The smallest absolute Gasteiger partial charge is 0.251 e. The number of hydrogen-bond acceptors (Lipinski definition) is 4. The van der Waals surface area contributed by atoms with Gasteiger partial charge in [0.05, 0.1) is 6.26 Å². The summed E-state index contributed by atoms with van der Waals surface area (Å²) in [6.45, 7) is 7.79. The normalized spacial score (nSPS) is 11.5.